The number of hydrogen-bond donors (Lipinski definition) is 0. The van der Waals surface area contributed by atoms with Crippen molar-refractivity contribution in [2.75, 3.05) is 13.7 Å². The zero-order valence-corrected chi connectivity index (χ0v) is 19.1. The Labute approximate surface area is 190 Å². The summed E-state index contributed by atoms with van der Waals surface area (Å²) >= 11 is 0. The van der Waals surface area contributed by atoms with Crippen LogP contribution in [0.15, 0.2) is 72.8 Å². The fraction of sp³-hybridized carbons (Fsp3) is 0.321. The lowest BCUT2D eigenvalue weighted by Crippen LogP contribution is -2.37. The lowest BCUT2D eigenvalue weighted by atomic mass is 9.93. The molecular formula is C28H31NO3. The van der Waals surface area contributed by atoms with E-state index in [1.165, 1.54) is 11.1 Å². The van der Waals surface area contributed by atoms with Crippen LogP contribution in [-0.4, -0.2) is 36.7 Å². The van der Waals surface area contributed by atoms with Crippen LogP contribution in [0.25, 0.3) is 11.1 Å². The van der Waals surface area contributed by atoms with Gasteiger partial charge in [0.15, 0.2) is 0 Å². The van der Waals surface area contributed by atoms with E-state index in [9.17, 15) is 4.79 Å². The molecule has 32 heavy (non-hydrogen) atoms. The third kappa shape index (κ3) is 5.26. The Kier molecular flexibility index (Phi) is 7.03. The van der Waals surface area contributed by atoms with Crippen LogP contribution in [0.4, 0.5) is 0 Å². The van der Waals surface area contributed by atoms with Gasteiger partial charge in [-0.15, -0.1) is 0 Å². The minimum Gasteiger partial charge on any atom is -0.459 e. The molecule has 0 radical (unpaired) electrons. The van der Waals surface area contributed by atoms with Gasteiger partial charge in [-0.1, -0.05) is 60.7 Å². The van der Waals surface area contributed by atoms with Gasteiger partial charge in [-0.25, -0.2) is 4.79 Å². The normalized spacial score (nSPS) is 16.8. The van der Waals surface area contributed by atoms with Crippen LogP contribution in [0, 0.1) is 0 Å². The lowest BCUT2D eigenvalue weighted by Gasteiger charge is -2.30. The van der Waals surface area contributed by atoms with Gasteiger partial charge >= 0.3 is 5.97 Å². The van der Waals surface area contributed by atoms with E-state index < -0.39 is 0 Å². The molecule has 1 aliphatic heterocycles. The molecular weight excluding hydrogens is 398 g/mol. The van der Waals surface area contributed by atoms with Gasteiger partial charge in [0.05, 0.1) is 24.9 Å². The van der Waals surface area contributed by atoms with Gasteiger partial charge in [-0.2, -0.15) is 0 Å². The van der Waals surface area contributed by atoms with E-state index in [4.69, 9.17) is 9.47 Å². The van der Waals surface area contributed by atoms with Crippen LogP contribution in [0.5, 0.6) is 0 Å². The fourth-order valence-corrected chi connectivity index (χ4v) is 4.21. The Morgan fingerprint density at radius 2 is 1.75 bits per heavy atom. The predicted molar refractivity (Wildman–Crippen MR) is 127 cm³/mol. The Morgan fingerprint density at radius 1 is 1.00 bits per heavy atom. The van der Waals surface area contributed by atoms with Crippen molar-refractivity contribution in [2.45, 2.75) is 45.6 Å². The van der Waals surface area contributed by atoms with Crippen LogP contribution in [0.1, 0.15) is 40.9 Å². The average molecular weight is 430 g/mol. The number of nitrogens with zero attached hydrogens (tertiary/aromatic N) is 1. The van der Waals surface area contributed by atoms with Crippen molar-refractivity contribution in [3.05, 3.63) is 95.1 Å². The molecule has 0 spiro atoms. The van der Waals surface area contributed by atoms with Crippen LogP contribution in [-0.2, 0) is 29.0 Å². The first-order valence-electron chi connectivity index (χ1n) is 11.3. The molecule has 3 aromatic carbocycles. The van der Waals surface area contributed by atoms with Crippen molar-refractivity contribution in [2.24, 2.45) is 0 Å². The Hall–Kier alpha value is -2.95. The Bertz CT molecular complexity index is 1060. The molecule has 0 saturated heterocycles. The van der Waals surface area contributed by atoms with E-state index in [1.807, 2.05) is 32.0 Å². The highest BCUT2D eigenvalue weighted by atomic mass is 16.5. The third-order valence-electron chi connectivity index (χ3n) is 5.92. The van der Waals surface area contributed by atoms with Gasteiger partial charge in [-0.05, 0) is 67.3 Å². The second-order valence-corrected chi connectivity index (χ2v) is 8.76. The average Bonchev–Trinajstić information content (AvgIpc) is 2.79. The van der Waals surface area contributed by atoms with E-state index >= 15 is 0 Å². The first kappa shape index (κ1) is 22.3. The highest BCUT2D eigenvalue weighted by Crippen LogP contribution is 2.31. The minimum atomic E-state index is -0.293. The maximum Gasteiger partial charge on any atom is 0.338 e. The molecule has 166 valence electrons. The minimum absolute atomic E-state index is 0.151. The van der Waals surface area contributed by atoms with Crippen molar-refractivity contribution in [1.29, 1.82) is 0 Å². The summed E-state index contributed by atoms with van der Waals surface area (Å²) in [5.41, 5.74) is 6.38. The number of benzene rings is 3. The van der Waals surface area contributed by atoms with Crippen LogP contribution in [0.3, 0.4) is 0 Å². The molecule has 1 aliphatic rings. The van der Waals surface area contributed by atoms with Gasteiger partial charge in [0.1, 0.15) is 0 Å². The largest absolute Gasteiger partial charge is 0.459 e. The molecule has 4 nitrogen and oxygen atoms in total. The molecule has 4 rings (SSSR count). The summed E-state index contributed by atoms with van der Waals surface area (Å²) in [6.45, 7) is 5.68. The van der Waals surface area contributed by atoms with Gasteiger partial charge in [0, 0.05) is 12.6 Å². The number of carbonyl (C=O) groups excluding carboxylic acids is 1. The molecule has 4 heteroatoms. The second kappa shape index (κ2) is 10.1. The first-order valence-corrected chi connectivity index (χ1v) is 11.3. The van der Waals surface area contributed by atoms with Crippen molar-refractivity contribution >= 4 is 5.97 Å². The van der Waals surface area contributed by atoms with E-state index in [0.717, 1.165) is 29.7 Å². The van der Waals surface area contributed by atoms with Crippen molar-refractivity contribution < 1.29 is 14.3 Å². The molecule has 3 aromatic rings. The van der Waals surface area contributed by atoms with Crippen molar-refractivity contribution in [3.8, 4) is 11.1 Å². The van der Waals surface area contributed by atoms with Gasteiger partial charge in [-0.3, -0.25) is 4.90 Å². The van der Waals surface area contributed by atoms with E-state index in [0.29, 0.717) is 18.8 Å². The summed E-state index contributed by atoms with van der Waals surface area (Å²) < 4.78 is 11.6. The monoisotopic (exact) mass is 429 g/mol. The van der Waals surface area contributed by atoms with Crippen LogP contribution in [0.2, 0.25) is 0 Å². The van der Waals surface area contributed by atoms with Crippen LogP contribution < -0.4 is 0 Å². The van der Waals surface area contributed by atoms with Crippen molar-refractivity contribution in [1.82, 2.24) is 4.90 Å². The lowest BCUT2D eigenvalue weighted by molar-refractivity contribution is 0.0377. The summed E-state index contributed by atoms with van der Waals surface area (Å²) in [5, 5.41) is 0. The second-order valence-electron chi connectivity index (χ2n) is 8.76. The molecule has 1 unspecified atom stereocenters. The summed E-state index contributed by atoms with van der Waals surface area (Å²) in [6, 6.07) is 25.1. The Morgan fingerprint density at radius 3 is 2.53 bits per heavy atom. The molecule has 0 aliphatic carbocycles. The number of hydrogen-bond acceptors (Lipinski definition) is 4. The SMILES string of the molecule is CC(C)OC(=O)c1ccc2c(c1)-c1ccccc1CN(C)C(Cc1ccccc1)COC2. The standard InChI is InChI=1S/C28H31NO3/c1-20(2)32-28(30)22-13-14-24-18-31-19-25(15-21-9-5-4-6-10-21)29(3)17-23-11-7-8-12-26(23)27(24)16-22/h4-14,16,20,25H,15,17-19H2,1-3H3. The molecule has 0 bridgehead atoms. The number of rotatable bonds is 4. The summed E-state index contributed by atoms with van der Waals surface area (Å²) in [5.74, 6) is -0.293. The fourth-order valence-electron chi connectivity index (χ4n) is 4.21. The van der Waals surface area contributed by atoms with E-state index in [-0.39, 0.29) is 18.1 Å². The highest BCUT2D eigenvalue weighted by Gasteiger charge is 2.21. The summed E-state index contributed by atoms with van der Waals surface area (Å²) in [4.78, 5) is 14.9. The number of ether oxygens (including phenoxy) is 2. The summed E-state index contributed by atoms with van der Waals surface area (Å²) in [6.07, 6.45) is 0.786. The summed E-state index contributed by atoms with van der Waals surface area (Å²) in [7, 11) is 2.16. The number of esters is 1. The Balaban J connectivity index is 1.68. The molecule has 0 fully saturated rings. The van der Waals surface area contributed by atoms with E-state index in [2.05, 4.69) is 66.5 Å². The molecule has 0 saturated carbocycles. The van der Waals surface area contributed by atoms with Crippen molar-refractivity contribution in [3.63, 3.8) is 0 Å². The maximum atomic E-state index is 12.5. The first-order chi connectivity index (χ1) is 15.5. The van der Waals surface area contributed by atoms with E-state index in [1.54, 1.807) is 0 Å². The maximum absolute atomic E-state index is 12.5. The number of carbonyl (C=O) groups is 1. The highest BCUT2D eigenvalue weighted by molar-refractivity contribution is 5.91. The number of likely N-dealkylation sites (N-methyl/N-ethyl adjacent to an activating group) is 1. The zero-order valence-electron chi connectivity index (χ0n) is 19.1. The molecule has 1 atom stereocenters. The third-order valence-corrected chi connectivity index (χ3v) is 5.92. The smallest absolute Gasteiger partial charge is 0.338 e. The predicted octanol–water partition coefficient (Wildman–Crippen LogP) is 5.49. The molecule has 0 amide bonds. The zero-order chi connectivity index (χ0) is 22.5. The van der Waals surface area contributed by atoms with Gasteiger partial charge < -0.3 is 9.47 Å². The molecule has 0 N–H and O–H groups in total. The molecule has 0 aromatic heterocycles. The van der Waals surface area contributed by atoms with Gasteiger partial charge in [0.25, 0.3) is 0 Å². The number of fused-ring (bicyclic) bond motifs is 3. The topological polar surface area (TPSA) is 38.8 Å². The molecule has 1 heterocycles. The van der Waals surface area contributed by atoms with Gasteiger partial charge in [0.2, 0.25) is 0 Å². The quantitative estimate of drug-likeness (QED) is 0.514. The van der Waals surface area contributed by atoms with Crippen LogP contribution >= 0.6 is 0 Å².